The first-order chi connectivity index (χ1) is 11.8. The lowest BCUT2D eigenvalue weighted by molar-refractivity contribution is -0.132. The minimum Gasteiger partial charge on any atom is -0.356 e. The highest BCUT2D eigenvalue weighted by Gasteiger charge is 2.38. The summed E-state index contributed by atoms with van der Waals surface area (Å²) in [6, 6.07) is 1.54. The number of hydrogen-bond acceptors (Lipinski definition) is 3. The third-order valence-electron chi connectivity index (χ3n) is 6.19. The highest BCUT2D eigenvalue weighted by Crippen LogP contribution is 2.38. The first-order valence-corrected chi connectivity index (χ1v) is 10.0. The maximum atomic E-state index is 12.3. The van der Waals surface area contributed by atoms with Crippen LogP contribution in [0, 0.1) is 11.8 Å². The van der Waals surface area contributed by atoms with Crippen molar-refractivity contribution in [2.24, 2.45) is 11.8 Å². The normalized spacial score (nSPS) is 27.4. The molecule has 2 heterocycles. The van der Waals surface area contributed by atoms with Crippen molar-refractivity contribution in [3.05, 3.63) is 0 Å². The number of carbonyl (C=O) groups is 2. The number of fused-ring (bicyclic) bond motifs is 2. The molecule has 2 saturated heterocycles. The molecule has 0 aromatic rings. The molecule has 3 atom stereocenters. The van der Waals surface area contributed by atoms with Gasteiger partial charge in [-0.05, 0) is 57.9 Å². The van der Waals surface area contributed by atoms with Crippen LogP contribution in [0.4, 0.5) is 0 Å². The van der Waals surface area contributed by atoms with Gasteiger partial charge >= 0.3 is 0 Å². The smallest absolute Gasteiger partial charge is 0.222 e. The Morgan fingerprint density at radius 1 is 1.16 bits per heavy atom. The first kappa shape index (κ1) is 20.2. The summed E-state index contributed by atoms with van der Waals surface area (Å²) >= 11 is 0. The molecule has 5 heteroatoms. The van der Waals surface area contributed by atoms with Gasteiger partial charge in [0.2, 0.25) is 11.8 Å². The number of nitrogens with zero attached hydrogens (tertiary/aromatic N) is 2. The van der Waals surface area contributed by atoms with Crippen LogP contribution in [0.5, 0.6) is 0 Å². The Kier molecular flexibility index (Phi) is 7.29. The molecule has 0 radical (unpaired) electrons. The molecule has 0 spiro atoms. The average Bonchev–Trinajstić information content (AvgIpc) is 2.74. The molecular weight excluding hydrogens is 314 g/mol. The van der Waals surface area contributed by atoms with Crippen molar-refractivity contribution in [3.8, 4) is 0 Å². The topological polar surface area (TPSA) is 52.7 Å². The summed E-state index contributed by atoms with van der Waals surface area (Å²) in [5, 5.41) is 3.07. The predicted molar refractivity (Wildman–Crippen MR) is 101 cm³/mol. The van der Waals surface area contributed by atoms with E-state index in [2.05, 4.69) is 38.0 Å². The van der Waals surface area contributed by atoms with E-state index in [-0.39, 0.29) is 17.9 Å². The van der Waals surface area contributed by atoms with Gasteiger partial charge in [0.15, 0.2) is 0 Å². The van der Waals surface area contributed by atoms with Gasteiger partial charge in [0.25, 0.3) is 0 Å². The number of hydrogen-bond donors (Lipinski definition) is 1. The summed E-state index contributed by atoms with van der Waals surface area (Å²) in [4.78, 5) is 28.7. The summed E-state index contributed by atoms with van der Waals surface area (Å²) in [5.74, 6) is 1.29. The molecule has 2 rings (SSSR count). The molecular formula is C20H37N3O2. The van der Waals surface area contributed by atoms with Crippen molar-refractivity contribution in [1.82, 2.24) is 15.1 Å². The summed E-state index contributed by atoms with van der Waals surface area (Å²) in [6.07, 6.45) is 7.00. The van der Waals surface area contributed by atoms with Crippen LogP contribution >= 0.6 is 0 Å². The Morgan fingerprint density at radius 3 is 2.32 bits per heavy atom. The molecule has 144 valence electrons. The van der Waals surface area contributed by atoms with E-state index in [0.717, 1.165) is 6.42 Å². The van der Waals surface area contributed by atoms with Crippen LogP contribution in [0.25, 0.3) is 0 Å². The van der Waals surface area contributed by atoms with Crippen LogP contribution < -0.4 is 5.32 Å². The maximum absolute atomic E-state index is 12.3. The zero-order valence-corrected chi connectivity index (χ0v) is 16.8. The molecule has 2 fully saturated rings. The van der Waals surface area contributed by atoms with Gasteiger partial charge in [-0.3, -0.25) is 9.59 Å². The fourth-order valence-corrected chi connectivity index (χ4v) is 4.38. The Balaban J connectivity index is 1.64. The predicted octanol–water partition coefficient (Wildman–Crippen LogP) is 2.65. The SMILES string of the molecule is CC(C)CC(=O)N(C)C(C)CCNC(=O)CC1CC2CCC(C1)N2C. The molecule has 1 N–H and O–H groups in total. The van der Waals surface area contributed by atoms with E-state index in [4.69, 9.17) is 0 Å². The third kappa shape index (κ3) is 5.70. The quantitative estimate of drug-likeness (QED) is 0.731. The second-order valence-electron chi connectivity index (χ2n) is 8.68. The van der Waals surface area contributed by atoms with Gasteiger partial charge in [0.05, 0.1) is 0 Å². The van der Waals surface area contributed by atoms with Gasteiger partial charge in [-0.2, -0.15) is 0 Å². The van der Waals surface area contributed by atoms with Crippen LogP contribution in [-0.2, 0) is 9.59 Å². The van der Waals surface area contributed by atoms with Crippen LogP contribution in [0.2, 0.25) is 0 Å². The number of rotatable bonds is 8. The molecule has 0 saturated carbocycles. The Labute approximate surface area is 153 Å². The number of piperidine rings is 1. The molecule has 2 aliphatic rings. The number of amides is 2. The zero-order valence-electron chi connectivity index (χ0n) is 16.8. The van der Waals surface area contributed by atoms with Gasteiger partial charge in [0.1, 0.15) is 0 Å². The first-order valence-electron chi connectivity index (χ1n) is 10.0. The van der Waals surface area contributed by atoms with Crippen LogP contribution in [0.3, 0.4) is 0 Å². The van der Waals surface area contributed by atoms with Crippen molar-refractivity contribution in [2.75, 3.05) is 20.6 Å². The molecule has 2 bridgehead atoms. The highest BCUT2D eigenvalue weighted by molar-refractivity contribution is 5.77. The molecule has 25 heavy (non-hydrogen) atoms. The molecule has 3 unspecified atom stereocenters. The largest absolute Gasteiger partial charge is 0.356 e. The van der Waals surface area contributed by atoms with Gasteiger partial charge in [0, 0.05) is 44.6 Å². The van der Waals surface area contributed by atoms with Gasteiger partial charge < -0.3 is 15.1 Å². The van der Waals surface area contributed by atoms with E-state index in [0.29, 0.717) is 43.3 Å². The fraction of sp³-hybridized carbons (Fsp3) is 0.900. The lowest BCUT2D eigenvalue weighted by atomic mass is 9.88. The number of carbonyl (C=O) groups excluding carboxylic acids is 2. The van der Waals surface area contributed by atoms with Crippen molar-refractivity contribution in [1.29, 1.82) is 0 Å². The van der Waals surface area contributed by atoms with E-state index in [9.17, 15) is 9.59 Å². The van der Waals surface area contributed by atoms with Gasteiger partial charge in [-0.1, -0.05) is 13.8 Å². The molecule has 0 aromatic heterocycles. The molecule has 2 aliphatic heterocycles. The van der Waals surface area contributed by atoms with Gasteiger partial charge in [-0.15, -0.1) is 0 Å². The fourth-order valence-electron chi connectivity index (χ4n) is 4.38. The molecule has 0 aliphatic carbocycles. The van der Waals surface area contributed by atoms with Crippen LogP contribution in [-0.4, -0.2) is 60.4 Å². The minimum atomic E-state index is 0.158. The summed E-state index contributed by atoms with van der Waals surface area (Å²) in [7, 11) is 4.10. The third-order valence-corrected chi connectivity index (χ3v) is 6.19. The summed E-state index contributed by atoms with van der Waals surface area (Å²) in [5.41, 5.74) is 0. The van der Waals surface area contributed by atoms with E-state index in [1.165, 1.54) is 25.7 Å². The monoisotopic (exact) mass is 351 g/mol. The van der Waals surface area contributed by atoms with Crippen molar-refractivity contribution in [3.63, 3.8) is 0 Å². The molecule has 2 amide bonds. The Hall–Kier alpha value is -1.10. The number of nitrogens with one attached hydrogen (secondary N) is 1. The lowest BCUT2D eigenvalue weighted by Crippen LogP contribution is -2.41. The van der Waals surface area contributed by atoms with Crippen LogP contribution in [0.1, 0.15) is 65.7 Å². The standard InChI is InChI=1S/C20H37N3O2/c1-14(2)10-20(25)22(4)15(3)8-9-21-19(24)13-16-11-17-6-7-18(12-16)23(17)5/h14-18H,6-13H2,1-5H3,(H,21,24). The van der Waals surface area contributed by atoms with Crippen molar-refractivity contribution >= 4 is 11.8 Å². The highest BCUT2D eigenvalue weighted by atomic mass is 16.2. The van der Waals surface area contributed by atoms with E-state index in [1.54, 1.807) is 0 Å². The molecule has 5 nitrogen and oxygen atoms in total. The second kappa shape index (κ2) is 9.02. The van der Waals surface area contributed by atoms with Crippen molar-refractivity contribution < 1.29 is 9.59 Å². The van der Waals surface area contributed by atoms with E-state index < -0.39 is 0 Å². The van der Waals surface area contributed by atoms with Gasteiger partial charge in [-0.25, -0.2) is 0 Å². The average molecular weight is 352 g/mol. The molecule has 0 aromatic carbocycles. The summed E-state index contributed by atoms with van der Waals surface area (Å²) in [6.45, 7) is 6.83. The lowest BCUT2D eigenvalue weighted by Gasteiger charge is -2.36. The second-order valence-corrected chi connectivity index (χ2v) is 8.68. The summed E-state index contributed by atoms with van der Waals surface area (Å²) < 4.78 is 0. The van der Waals surface area contributed by atoms with E-state index >= 15 is 0 Å². The van der Waals surface area contributed by atoms with Crippen molar-refractivity contribution in [2.45, 2.75) is 83.8 Å². The Morgan fingerprint density at radius 2 is 1.76 bits per heavy atom. The minimum absolute atomic E-state index is 0.158. The van der Waals surface area contributed by atoms with Crippen LogP contribution in [0.15, 0.2) is 0 Å². The zero-order chi connectivity index (χ0) is 18.6. The maximum Gasteiger partial charge on any atom is 0.222 e. The van der Waals surface area contributed by atoms with E-state index in [1.807, 2.05) is 11.9 Å². The Bertz CT molecular complexity index is 452.